The van der Waals surface area contributed by atoms with E-state index < -0.39 is 0 Å². The van der Waals surface area contributed by atoms with Gasteiger partial charge in [-0.25, -0.2) is 4.98 Å². The summed E-state index contributed by atoms with van der Waals surface area (Å²) in [6.45, 7) is 7.37. The van der Waals surface area contributed by atoms with Crippen LogP contribution in [0.3, 0.4) is 0 Å². The number of hydrogen-bond donors (Lipinski definition) is 0. The number of thiophene rings is 1. The van der Waals surface area contributed by atoms with Gasteiger partial charge in [-0.2, -0.15) is 0 Å². The average Bonchev–Trinajstić information content (AvgIpc) is 3.13. The van der Waals surface area contributed by atoms with Crippen molar-refractivity contribution in [2.45, 2.75) is 31.6 Å². The van der Waals surface area contributed by atoms with Crippen LogP contribution in [-0.4, -0.2) is 32.7 Å². The number of amides is 1. The van der Waals surface area contributed by atoms with Gasteiger partial charge in [0, 0.05) is 18.0 Å². The molecule has 5 nitrogen and oxygen atoms in total. The van der Waals surface area contributed by atoms with Crippen molar-refractivity contribution in [2.75, 3.05) is 12.3 Å². The number of carbonyl (C=O) groups excluding carboxylic acids is 1. The van der Waals surface area contributed by atoms with Crippen LogP contribution in [0.4, 0.5) is 0 Å². The lowest BCUT2D eigenvalue weighted by Crippen LogP contribution is -2.32. The number of rotatable bonds is 9. The number of fused-ring (bicyclic) bond motifs is 1. The van der Waals surface area contributed by atoms with Crippen LogP contribution in [0, 0.1) is 0 Å². The SMILES string of the molecule is C=CCN(Cc1ccc(Br)s1)C(=O)CSc1nc2ccccc2c(=O)n1CCC. The van der Waals surface area contributed by atoms with E-state index in [0.29, 0.717) is 35.7 Å². The molecule has 1 aromatic carbocycles. The maximum Gasteiger partial charge on any atom is 0.262 e. The van der Waals surface area contributed by atoms with Crippen LogP contribution in [0.5, 0.6) is 0 Å². The Morgan fingerprint density at radius 2 is 2.14 bits per heavy atom. The third-order valence-corrected chi connectivity index (χ3v) is 6.85. The number of benzene rings is 1. The van der Waals surface area contributed by atoms with Gasteiger partial charge in [0.2, 0.25) is 5.91 Å². The zero-order chi connectivity index (χ0) is 20.8. The molecule has 152 valence electrons. The summed E-state index contributed by atoms with van der Waals surface area (Å²) < 4.78 is 2.71. The van der Waals surface area contributed by atoms with E-state index in [1.54, 1.807) is 32.9 Å². The molecule has 0 atom stereocenters. The van der Waals surface area contributed by atoms with E-state index in [-0.39, 0.29) is 17.2 Å². The Morgan fingerprint density at radius 3 is 2.83 bits per heavy atom. The number of aromatic nitrogens is 2. The minimum absolute atomic E-state index is 0.00937. The summed E-state index contributed by atoms with van der Waals surface area (Å²) in [7, 11) is 0. The minimum Gasteiger partial charge on any atom is -0.333 e. The number of halogens is 1. The number of thioether (sulfide) groups is 1. The fourth-order valence-corrected chi connectivity index (χ4v) is 5.36. The van der Waals surface area contributed by atoms with E-state index in [1.807, 2.05) is 37.3 Å². The molecule has 0 unspecified atom stereocenters. The summed E-state index contributed by atoms with van der Waals surface area (Å²) in [6, 6.07) is 11.3. The number of para-hydroxylation sites is 1. The molecule has 3 rings (SSSR count). The van der Waals surface area contributed by atoms with Gasteiger partial charge in [-0.3, -0.25) is 14.2 Å². The molecule has 0 aliphatic rings. The highest BCUT2D eigenvalue weighted by atomic mass is 79.9. The normalized spacial score (nSPS) is 11.0. The molecular weight excluding hydrogens is 470 g/mol. The van der Waals surface area contributed by atoms with Crippen LogP contribution in [0.15, 0.2) is 62.8 Å². The number of hydrogen-bond acceptors (Lipinski definition) is 5. The second-order valence-electron chi connectivity index (χ2n) is 6.43. The highest BCUT2D eigenvalue weighted by molar-refractivity contribution is 9.11. The summed E-state index contributed by atoms with van der Waals surface area (Å²) in [4.78, 5) is 33.2. The molecule has 2 aromatic heterocycles. The van der Waals surface area contributed by atoms with Crippen LogP contribution in [-0.2, 0) is 17.9 Å². The van der Waals surface area contributed by atoms with E-state index in [9.17, 15) is 9.59 Å². The van der Waals surface area contributed by atoms with Gasteiger partial charge < -0.3 is 4.90 Å². The van der Waals surface area contributed by atoms with E-state index >= 15 is 0 Å². The lowest BCUT2D eigenvalue weighted by molar-refractivity contribution is -0.128. The van der Waals surface area contributed by atoms with Crippen molar-refractivity contribution < 1.29 is 4.79 Å². The second kappa shape index (κ2) is 10.2. The molecule has 8 heteroatoms. The van der Waals surface area contributed by atoms with Gasteiger partial charge in [0.25, 0.3) is 5.56 Å². The molecule has 1 amide bonds. The van der Waals surface area contributed by atoms with E-state index in [0.717, 1.165) is 15.1 Å². The summed E-state index contributed by atoms with van der Waals surface area (Å²) in [5.41, 5.74) is 0.602. The van der Waals surface area contributed by atoms with Crippen molar-refractivity contribution in [2.24, 2.45) is 0 Å². The van der Waals surface area contributed by atoms with E-state index in [2.05, 4.69) is 27.5 Å². The molecule has 2 heterocycles. The number of nitrogens with zero attached hydrogens (tertiary/aromatic N) is 3. The molecule has 0 saturated heterocycles. The summed E-state index contributed by atoms with van der Waals surface area (Å²) in [6.07, 6.45) is 2.55. The smallest absolute Gasteiger partial charge is 0.262 e. The summed E-state index contributed by atoms with van der Waals surface area (Å²) in [5.74, 6) is 0.208. The topological polar surface area (TPSA) is 55.2 Å². The van der Waals surface area contributed by atoms with Crippen molar-refractivity contribution in [3.05, 3.63) is 68.1 Å². The Hall–Kier alpha value is -1.90. The van der Waals surface area contributed by atoms with Gasteiger partial charge in [-0.15, -0.1) is 17.9 Å². The van der Waals surface area contributed by atoms with Crippen molar-refractivity contribution in [3.8, 4) is 0 Å². The predicted octanol–water partition coefficient (Wildman–Crippen LogP) is 4.94. The Balaban J connectivity index is 1.80. The molecule has 0 radical (unpaired) electrons. The second-order valence-corrected chi connectivity index (χ2v) is 9.92. The van der Waals surface area contributed by atoms with Crippen LogP contribution in [0.25, 0.3) is 10.9 Å². The first kappa shape index (κ1) is 21.8. The number of carbonyl (C=O) groups is 1. The average molecular weight is 492 g/mol. The van der Waals surface area contributed by atoms with Crippen molar-refractivity contribution in [1.82, 2.24) is 14.5 Å². The maximum atomic E-state index is 12.9. The van der Waals surface area contributed by atoms with Crippen molar-refractivity contribution in [3.63, 3.8) is 0 Å². The highest BCUT2D eigenvalue weighted by Gasteiger charge is 2.17. The minimum atomic E-state index is -0.0567. The van der Waals surface area contributed by atoms with Crippen LogP contribution >= 0.6 is 39.0 Å². The highest BCUT2D eigenvalue weighted by Crippen LogP contribution is 2.24. The Kier molecular flexibility index (Phi) is 7.69. The molecule has 29 heavy (non-hydrogen) atoms. The summed E-state index contributed by atoms with van der Waals surface area (Å²) in [5, 5.41) is 1.19. The van der Waals surface area contributed by atoms with Crippen LogP contribution in [0.1, 0.15) is 18.2 Å². The zero-order valence-electron chi connectivity index (χ0n) is 16.1. The standard InChI is InChI=1S/C21H22BrN3O2S2/c1-3-11-24(13-15-9-10-18(22)29-15)19(26)14-28-21-23-17-8-6-5-7-16(17)20(27)25(21)12-4-2/h3,5-10H,1,4,11-14H2,2H3. The monoisotopic (exact) mass is 491 g/mol. The first-order valence-corrected chi connectivity index (χ1v) is 11.9. The molecule has 0 spiro atoms. The Bertz CT molecular complexity index is 1080. The van der Waals surface area contributed by atoms with Crippen LogP contribution in [0.2, 0.25) is 0 Å². The fraction of sp³-hybridized carbons (Fsp3) is 0.286. The molecule has 0 aliphatic carbocycles. The van der Waals surface area contributed by atoms with Crippen molar-refractivity contribution >= 4 is 55.8 Å². The largest absolute Gasteiger partial charge is 0.333 e. The lowest BCUT2D eigenvalue weighted by atomic mass is 10.2. The Labute approximate surface area is 186 Å². The van der Waals surface area contributed by atoms with Gasteiger partial charge in [-0.1, -0.05) is 36.9 Å². The quantitative estimate of drug-likeness (QED) is 0.241. The van der Waals surface area contributed by atoms with E-state index in [4.69, 9.17) is 0 Å². The molecule has 3 aromatic rings. The van der Waals surface area contributed by atoms with Gasteiger partial charge in [0.15, 0.2) is 5.16 Å². The first-order chi connectivity index (χ1) is 14.0. The third kappa shape index (κ3) is 5.38. The summed E-state index contributed by atoms with van der Waals surface area (Å²) >= 11 is 6.38. The van der Waals surface area contributed by atoms with E-state index in [1.165, 1.54) is 11.8 Å². The van der Waals surface area contributed by atoms with Crippen molar-refractivity contribution in [1.29, 1.82) is 0 Å². The Morgan fingerprint density at radius 1 is 1.34 bits per heavy atom. The van der Waals surface area contributed by atoms with Crippen LogP contribution < -0.4 is 5.56 Å². The predicted molar refractivity (Wildman–Crippen MR) is 125 cm³/mol. The molecule has 0 fully saturated rings. The fourth-order valence-electron chi connectivity index (χ4n) is 2.93. The molecular formula is C21H22BrN3O2S2. The molecule has 0 aliphatic heterocycles. The first-order valence-electron chi connectivity index (χ1n) is 9.28. The maximum absolute atomic E-state index is 12.9. The van der Waals surface area contributed by atoms with Gasteiger partial charge in [-0.05, 0) is 46.6 Å². The third-order valence-electron chi connectivity index (χ3n) is 4.28. The molecule has 0 N–H and O–H groups in total. The molecule has 0 saturated carbocycles. The zero-order valence-corrected chi connectivity index (χ0v) is 19.4. The molecule has 0 bridgehead atoms. The lowest BCUT2D eigenvalue weighted by Gasteiger charge is -2.20. The van der Waals surface area contributed by atoms with Gasteiger partial charge >= 0.3 is 0 Å². The van der Waals surface area contributed by atoms with Gasteiger partial charge in [0.05, 0.1) is 27.0 Å². The van der Waals surface area contributed by atoms with Gasteiger partial charge in [0.1, 0.15) is 0 Å².